The Labute approximate surface area is 167 Å². The minimum atomic E-state index is -0.663. The van der Waals surface area contributed by atoms with Crippen LogP contribution in [-0.4, -0.2) is 51.8 Å². The van der Waals surface area contributed by atoms with E-state index in [9.17, 15) is 14.4 Å². The van der Waals surface area contributed by atoms with Crippen molar-refractivity contribution in [1.29, 1.82) is 0 Å². The molecule has 0 aromatic rings. The van der Waals surface area contributed by atoms with E-state index >= 15 is 0 Å². The van der Waals surface area contributed by atoms with Crippen LogP contribution in [0, 0.1) is 5.92 Å². The van der Waals surface area contributed by atoms with Crippen molar-refractivity contribution < 1.29 is 19.1 Å². The summed E-state index contributed by atoms with van der Waals surface area (Å²) >= 11 is 3.28. The first-order valence-corrected chi connectivity index (χ1v) is 11.9. The Hall–Kier alpha value is -0.930. The summed E-state index contributed by atoms with van der Waals surface area (Å²) in [6.45, 7) is 0. The van der Waals surface area contributed by atoms with Crippen LogP contribution in [0.15, 0.2) is 0 Å². The van der Waals surface area contributed by atoms with Crippen LogP contribution >= 0.6 is 23.5 Å². The molecule has 27 heavy (non-hydrogen) atoms. The van der Waals surface area contributed by atoms with E-state index in [0.717, 1.165) is 31.4 Å². The van der Waals surface area contributed by atoms with E-state index in [1.807, 2.05) is 0 Å². The number of imide groups is 1. The zero-order valence-electron chi connectivity index (χ0n) is 15.3. The van der Waals surface area contributed by atoms with Gasteiger partial charge in [-0.15, -0.1) is 23.5 Å². The molecule has 4 aliphatic rings. The normalized spacial score (nSPS) is 35.8. The number of ether oxygens (including phenoxy) is 1. The lowest BCUT2D eigenvalue weighted by Crippen LogP contribution is -2.49. The van der Waals surface area contributed by atoms with Crippen molar-refractivity contribution in [3.63, 3.8) is 0 Å². The van der Waals surface area contributed by atoms with Gasteiger partial charge in [0.1, 0.15) is 11.5 Å². The zero-order chi connectivity index (χ0) is 18.8. The van der Waals surface area contributed by atoms with Crippen LogP contribution in [0.3, 0.4) is 0 Å². The molecule has 0 aromatic carbocycles. The maximum atomic E-state index is 12.7. The molecule has 0 radical (unpaired) electrons. The molecule has 5 atom stereocenters. The number of rotatable bonds is 4. The highest BCUT2D eigenvalue weighted by atomic mass is 32.2. The molecule has 3 amide bonds. The lowest BCUT2D eigenvalue weighted by molar-refractivity contribution is -0.125. The van der Waals surface area contributed by atoms with Crippen molar-refractivity contribution in [2.75, 3.05) is 5.75 Å². The molecule has 2 heterocycles. The van der Waals surface area contributed by atoms with Crippen LogP contribution in [-0.2, 0) is 14.3 Å². The first-order valence-electron chi connectivity index (χ1n) is 9.95. The molecule has 2 aliphatic carbocycles. The predicted molar refractivity (Wildman–Crippen MR) is 105 cm³/mol. The molecule has 4 fully saturated rings. The number of fused-ring (bicyclic) bond motifs is 1. The summed E-state index contributed by atoms with van der Waals surface area (Å²) in [4.78, 5) is 37.0. The van der Waals surface area contributed by atoms with Crippen molar-refractivity contribution in [1.82, 2.24) is 16.0 Å². The summed E-state index contributed by atoms with van der Waals surface area (Å²) < 4.78 is 5.19. The van der Waals surface area contributed by atoms with Crippen molar-refractivity contribution in [2.45, 2.75) is 79.5 Å². The van der Waals surface area contributed by atoms with Crippen LogP contribution < -0.4 is 16.0 Å². The Morgan fingerprint density at radius 1 is 0.963 bits per heavy atom. The third kappa shape index (κ3) is 4.56. The summed E-state index contributed by atoms with van der Waals surface area (Å²) in [7, 11) is 0. The minimum absolute atomic E-state index is 0.0522. The molecule has 2 saturated heterocycles. The summed E-state index contributed by atoms with van der Waals surface area (Å²) in [6.07, 6.45) is 7.49. The van der Waals surface area contributed by atoms with E-state index in [0.29, 0.717) is 17.7 Å². The molecule has 0 bridgehead atoms. The molecule has 150 valence electrons. The monoisotopic (exact) mass is 413 g/mol. The molecule has 0 aromatic heterocycles. The lowest BCUT2D eigenvalue weighted by Gasteiger charge is -2.26. The molecular formula is C18H27N3O4S2. The number of thioether (sulfide) groups is 2. The van der Waals surface area contributed by atoms with Gasteiger partial charge < -0.3 is 10.1 Å². The number of amides is 3. The van der Waals surface area contributed by atoms with Crippen molar-refractivity contribution in [3.8, 4) is 0 Å². The van der Waals surface area contributed by atoms with E-state index < -0.39 is 12.0 Å². The molecule has 3 N–H and O–H groups in total. The number of hydrogen-bond acceptors (Lipinski definition) is 7. The fraction of sp³-hybridized carbons (Fsp3) is 0.833. The lowest BCUT2D eigenvalue weighted by atomic mass is 9.95. The van der Waals surface area contributed by atoms with E-state index in [1.165, 1.54) is 19.3 Å². The van der Waals surface area contributed by atoms with Gasteiger partial charge in [-0.1, -0.05) is 12.8 Å². The van der Waals surface area contributed by atoms with Gasteiger partial charge in [0.05, 0.1) is 11.3 Å². The Balaban J connectivity index is 1.27. The van der Waals surface area contributed by atoms with Gasteiger partial charge in [0.25, 0.3) is 0 Å². The zero-order valence-corrected chi connectivity index (χ0v) is 16.9. The Kier molecular flexibility index (Phi) is 6.18. The third-order valence-corrected chi connectivity index (χ3v) is 8.69. The molecule has 4 rings (SSSR count). The molecule has 2 saturated carbocycles. The van der Waals surface area contributed by atoms with Crippen LogP contribution in [0.1, 0.15) is 51.4 Å². The molecule has 5 unspecified atom stereocenters. The first-order chi connectivity index (χ1) is 13.1. The largest absolute Gasteiger partial charge is 0.446 e. The van der Waals surface area contributed by atoms with Crippen molar-refractivity contribution in [2.24, 2.45) is 5.92 Å². The van der Waals surface area contributed by atoms with E-state index in [4.69, 9.17) is 4.74 Å². The maximum absolute atomic E-state index is 12.7. The van der Waals surface area contributed by atoms with Crippen LogP contribution in [0.25, 0.3) is 0 Å². The summed E-state index contributed by atoms with van der Waals surface area (Å²) in [5.74, 6) is -0.0162. The second kappa shape index (κ2) is 8.61. The van der Waals surface area contributed by atoms with Gasteiger partial charge in [0.15, 0.2) is 0 Å². The number of carbonyl (C=O) groups is 3. The average Bonchev–Trinajstić information content (AvgIpc) is 3.24. The van der Waals surface area contributed by atoms with E-state index in [-0.39, 0.29) is 28.7 Å². The quantitative estimate of drug-likeness (QED) is 0.648. The third-order valence-electron chi connectivity index (χ3n) is 5.88. The highest BCUT2D eigenvalue weighted by molar-refractivity contribution is 8.01. The summed E-state index contributed by atoms with van der Waals surface area (Å²) in [6, 6.07) is 0.427. The summed E-state index contributed by atoms with van der Waals surface area (Å²) in [5, 5.41) is 8.80. The van der Waals surface area contributed by atoms with Gasteiger partial charge in [-0.3, -0.25) is 20.2 Å². The standard InChI is InChI=1S/C18H27N3O4S2/c22-14(21-18(24)25-10-4-3-5-10)11-8-9-26-16(11)20-15(23)17-19-12-6-1-2-7-13(12)27-17/h10-13,16-17,19H,1-9H2,(H,20,23)(H,21,22,24). The van der Waals surface area contributed by atoms with Gasteiger partial charge in [-0.2, -0.15) is 0 Å². The predicted octanol–water partition coefficient (Wildman–Crippen LogP) is 1.96. The minimum Gasteiger partial charge on any atom is -0.446 e. The molecule has 9 heteroatoms. The van der Waals surface area contributed by atoms with Gasteiger partial charge in [-0.05, 0) is 44.3 Å². The van der Waals surface area contributed by atoms with E-state index in [2.05, 4.69) is 16.0 Å². The fourth-order valence-electron chi connectivity index (χ4n) is 4.08. The van der Waals surface area contributed by atoms with Gasteiger partial charge in [0, 0.05) is 11.3 Å². The smallest absolute Gasteiger partial charge is 0.414 e. The number of carbonyl (C=O) groups excluding carboxylic acids is 3. The Morgan fingerprint density at radius 3 is 2.52 bits per heavy atom. The maximum Gasteiger partial charge on any atom is 0.414 e. The topological polar surface area (TPSA) is 96.5 Å². The van der Waals surface area contributed by atoms with Crippen LogP contribution in [0.4, 0.5) is 4.79 Å². The summed E-state index contributed by atoms with van der Waals surface area (Å²) in [5.41, 5.74) is 0. The highest BCUT2D eigenvalue weighted by Gasteiger charge is 2.42. The Morgan fingerprint density at radius 2 is 1.78 bits per heavy atom. The fourth-order valence-corrected chi connectivity index (χ4v) is 6.91. The first kappa shape index (κ1) is 19.4. The van der Waals surface area contributed by atoms with Crippen LogP contribution in [0.2, 0.25) is 0 Å². The Bertz CT molecular complexity index is 587. The molecule has 2 aliphatic heterocycles. The molecule has 0 spiro atoms. The number of hydrogen-bond donors (Lipinski definition) is 3. The van der Waals surface area contributed by atoms with Crippen LogP contribution in [0.5, 0.6) is 0 Å². The SMILES string of the molecule is O=C(NC(=O)C1CCSC1NC(=O)C1NC2CCCCC2S1)OC1CCC1. The number of alkyl carbamates (subject to hydrolysis) is 1. The average molecular weight is 414 g/mol. The second-order valence-electron chi connectivity index (χ2n) is 7.75. The number of nitrogens with one attached hydrogen (secondary N) is 3. The highest BCUT2D eigenvalue weighted by Crippen LogP contribution is 2.37. The molecular weight excluding hydrogens is 386 g/mol. The van der Waals surface area contributed by atoms with E-state index in [1.54, 1.807) is 23.5 Å². The van der Waals surface area contributed by atoms with Gasteiger partial charge in [0.2, 0.25) is 11.8 Å². The van der Waals surface area contributed by atoms with Gasteiger partial charge in [-0.25, -0.2) is 4.79 Å². The van der Waals surface area contributed by atoms with Crippen molar-refractivity contribution >= 4 is 41.4 Å². The van der Waals surface area contributed by atoms with Crippen molar-refractivity contribution in [3.05, 3.63) is 0 Å². The molecule has 7 nitrogen and oxygen atoms in total. The van der Waals surface area contributed by atoms with Gasteiger partial charge >= 0.3 is 6.09 Å². The second-order valence-corrected chi connectivity index (χ2v) is 10.4.